The van der Waals surface area contributed by atoms with Crippen LogP contribution in [0.15, 0.2) is 6.20 Å². The molecule has 0 bridgehead atoms. The lowest BCUT2D eigenvalue weighted by Gasteiger charge is -2.26. The number of nitrogens with zero attached hydrogens (tertiary/aromatic N) is 3. The van der Waals surface area contributed by atoms with Crippen LogP contribution < -0.4 is 10.6 Å². The third kappa shape index (κ3) is 2.63. The van der Waals surface area contributed by atoms with Crippen molar-refractivity contribution in [2.24, 2.45) is 5.92 Å². The Labute approximate surface area is 112 Å². The summed E-state index contributed by atoms with van der Waals surface area (Å²) < 4.78 is 1.78. The number of amides is 1. The minimum Gasteiger partial charge on any atom is -0.348 e. The molecule has 0 unspecified atom stereocenters. The van der Waals surface area contributed by atoms with Crippen LogP contribution in [0.5, 0.6) is 0 Å². The van der Waals surface area contributed by atoms with E-state index in [0.717, 1.165) is 13.1 Å². The van der Waals surface area contributed by atoms with E-state index >= 15 is 0 Å². The van der Waals surface area contributed by atoms with E-state index in [0.29, 0.717) is 17.7 Å². The van der Waals surface area contributed by atoms with Crippen LogP contribution in [0.1, 0.15) is 49.1 Å². The van der Waals surface area contributed by atoms with Gasteiger partial charge in [-0.1, -0.05) is 18.1 Å². The highest BCUT2D eigenvalue weighted by Crippen LogP contribution is 2.27. The zero-order valence-corrected chi connectivity index (χ0v) is 11.3. The van der Waals surface area contributed by atoms with Crippen LogP contribution >= 0.6 is 0 Å². The summed E-state index contributed by atoms with van der Waals surface area (Å²) in [7, 11) is 0. The maximum Gasteiger partial charge on any atom is 0.273 e. The zero-order chi connectivity index (χ0) is 13.2. The number of hydrogen-bond donors (Lipinski definition) is 2. The second kappa shape index (κ2) is 5.28. The minimum absolute atomic E-state index is 0.0991. The maximum absolute atomic E-state index is 12.1. The van der Waals surface area contributed by atoms with E-state index in [2.05, 4.69) is 27.9 Å². The standard InChI is InChI=1S/C13H21N5O/c1-9(10-4-2-3-5-10)15-13(19)12-8-18(17-16-12)11-6-14-7-11/h8-11,14H,2-7H2,1H3,(H,15,19)/t9-/m1/s1. The summed E-state index contributed by atoms with van der Waals surface area (Å²) in [5.41, 5.74) is 0.428. The fourth-order valence-corrected chi connectivity index (χ4v) is 2.88. The molecule has 1 aromatic heterocycles. The molecule has 19 heavy (non-hydrogen) atoms. The topological polar surface area (TPSA) is 71.8 Å². The van der Waals surface area contributed by atoms with E-state index in [4.69, 9.17) is 0 Å². The Morgan fingerprint density at radius 2 is 2.21 bits per heavy atom. The third-order valence-electron chi connectivity index (χ3n) is 4.34. The van der Waals surface area contributed by atoms with Gasteiger partial charge in [-0.3, -0.25) is 4.79 Å². The molecule has 2 N–H and O–H groups in total. The molecule has 3 rings (SSSR count). The van der Waals surface area contributed by atoms with Gasteiger partial charge in [-0.15, -0.1) is 5.10 Å². The Bertz CT molecular complexity index is 448. The highest BCUT2D eigenvalue weighted by molar-refractivity contribution is 5.92. The molecule has 6 heteroatoms. The number of carbonyl (C=O) groups excluding carboxylic acids is 1. The number of aromatic nitrogens is 3. The Kier molecular flexibility index (Phi) is 3.50. The molecule has 0 spiro atoms. The van der Waals surface area contributed by atoms with Crippen LogP contribution in [0, 0.1) is 5.92 Å². The van der Waals surface area contributed by atoms with Gasteiger partial charge in [0, 0.05) is 19.1 Å². The van der Waals surface area contributed by atoms with Crippen molar-refractivity contribution in [3.05, 3.63) is 11.9 Å². The number of carbonyl (C=O) groups is 1. The van der Waals surface area contributed by atoms with E-state index in [1.165, 1.54) is 25.7 Å². The van der Waals surface area contributed by atoms with E-state index in [9.17, 15) is 4.79 Å². The van der Waals surface area contributed by atoms with Gasteiger partial charge in [0.25, 0.3) is 5.91 Å². The lowest BCUT2D eigenvalue weighted by Crippen LogP contribution is -2.43. The zero-order valence-electron chi connectivity index (χ0n) is 11.3. The van der Waals surface area contributed by atoms with Gasteiger partial charge in [0.2, 0.25) is 0 Å². The number of hydrogen-bond acceptors (Lipinski definition) is 4. The van der Waals surface area contributed by atoms with Gasteiger partial charge in [-0.2, -0.15) is 0 Å². The van der Waals surface area contributed by atoms with Crippen molar-refractivity contribution in [2.75, 3.05) is 13.1 Å². The van der Waals surface area contributed by atoms with Gasteiger partial charge >= 0.3 is 0 Å². The Balaban J connectivity index is 1.58. The molecular formula is C13H21N5O. The largest absolute Gasteiger partial charge is 0.348 e. The first kappa shape index (κ1) is 12.6. The van der Waals surface area contributed by atoms with Crippen LogP contribution in [-0.4, -0.2) is 40.0 Å². The van der Waals surface area contributed by atoms with Crippen molar-refractivity contribution in [3.63, 3.8) is 0 Å². The summed E-state index contributed by atoms with van der Waals surface area (Å²) in [6, 6.07) is 0.576. The first-order valence-electron chi connectivity index (χ1n) is 7.17. The van der Waals surface area contributed by atoms with E-state index < -0.39 is 0 Å². The van der Waals surface area contributed by atoms with Gasteiger partial charge < -0.3 is 10.6 Å². The fourth-order valence-electron chi connectivity index (χ4n) is 2.88. The van der Waals surface area contributed by atoms with Crippen LogP contribution in [0.2, 0.25) is 0 Å². The molecule has 1 atom stereocenters. The number of rotatable bonds is 4. The molecule has 104 valence electrons. The number of nitrogens with one attached hydrogen (secondary N) is 2. The van der Waals surface area contributed by atoms with Gasteiger partial charge in [0.05, 0.1) is 12.2 Å². The predicted octanol–water partition coefficient (Wildman–Crippen LogP) is 0.731. The summed E-state index contributed by atoms with van der Waals surface area (Å²) in [6.07, 6.45) is 6.78. The third-order valence-corrected chi connectivity index (χ3v) is 4.34. The molecule has 1 aliphatic heterocycles. The predicted molar refractivity (Wildman–Crippen MR) is 70.8 cm³/mol. The van der Waals surface area contributed by atoms with Gasteiger partial charge in [0.15, 0.2) is 5.69 Å². The molecule has 2 heterocycles. The molecule has 6 nitrogen and oxygen atoms in total. The first-order chi connectivity index (χ1) is 9.24. The highest BCUT2D eigenvalue weighted by Gasteiger charge is 2.25. The summed E-state index contributed by atoms with van der Waals surface area (Å²) in [4.78, 5) is 12.1. The van der Waals surface area contributed by atoms with Crippen LogP contribution in [0.25, 0.3) is 0 Å². The van der Waals surface area contributed by atoms with Crippen LogP contribution in [0.4, 0.5) is 0 Å². The quantitative estimate of drug-likeness (QED) is 0.840. The average molecular weight is 263 g/mol. The normalized spacial score (nSPS) is 22.2. The Hall–Kier alpha value is -1.43. The van der Waals surface area contributed by atoms with Crippen molar-refractivity contribution < 1.29 is 4.79 Å². The van der Waals surface area contributed by atoms with E-state index in [-0.39, 0.29) is 11.9 Å². The molecule has 1 saturated carbocycles. The lowest BCUT2D eigenvalue weighted by molar-refractivity contribution is 0.0922. The fraction of sp³-hybridized carbons (Fsp3) is 0.769. The highest BCUT2D eigenvalue weighted by atomic mass is 16.2. The van der Waals surface area contributed by atoms with Gasteiger partial charge in [-0.25, -0.2) is 4.68 Å². The SMILES string of the molecule is C[C@@H](NC(=O)c1cn(C2CNC2)nn1)C1CCCC1. The molecule has 0 radical (unpaired) electrons. The maximum atomic E-state index is 12.1. The van der Waals surface area contributed by atoms with Gasteiger partial charge in [0.1, 0.15) is 0 Å². The van der Waals surface area contributed by atoms with Crippen molar-refractivity contribution in [3.8, 4) is 0 Å². The molecule has 2 aliphatic rings. The van der Waals surface area contributed by atoms with Gasteiger partial charge in [-0.05, 0) is 25.7 Å². The van der Waals surface area contributed by atoms with Crippen molar-refractivity contribution >= 4 is 5.91 Å². The monoisotopic (exact) mass is 263 g/mol. The minimum atomic E-state index is -0.0991. The summed E-state index contributed by atoms with van der Waals surface area (Å²) in [5.74, 6) is 0.521. The Morgan fingerprint density at radius 3 is 2.84 bits per heavy atom. The summed E-state index contributed by atoms with van der Waals surface area (Å²) in [6.45, 7) is 3.90. The van der Waals surface area contributed by atoms with Crippen molar-refractivity contribution in [1.82, 2.24) is 25.6 Å². The molecule has 2 fully saturated rings. The average Bonchev–Trinajstić information content (AvgIpc) is 2.97. The molecule has 1 aliphatic carbocycles. The van der Waals surface area contributed by atoms with Crippen molar-refractivity contribution in [2.45, 2.75) is 44.7 Å². The Morgan fingerprint density at radius 1 is 1.47 bits per heavy atom. The van der Waals surface area contributed by atoms with Crippen LogP contribution in [0.3, 0.4) is 0 Å². The molecule has 1 aromatic rings. The second-order valence-electron chi connectivity index (χ2n) is 5.70. The van der Waals surface area contributed by atoms with E-state index in [1.807, 2.05) is 0 Å². The second-order valence-corrected chi connectivity index (χ2v) is 5.70. The smallest absolute Gasteiger partial charge is 0.273 e. The molecular weight excluding hydrogens is 242 g/mol. The van der Waals surface area contributed by atoms with Crippen LogP contribution in [-0.2, 0) is 0 Å². The lowest BCUT2D eigenvalue weighted by atomic mass is 10.00. The summed E-state index contributed by atoms with van der Waals surface area (Å²) in [5, 5.41) is 14.2. The molecule has 1 amide bonds. The first-order valence-corrected chi connectivity index (χ1v) is 7.17. The molecule has 1 saturated heterocycles. The molecule has 0 aromatic carbocycles. The van der Waals surface area contributed by atoms with Crippen molar-refractivity contribution in [1.29, 1.82) is 0 Å². The van der Waals surface area contributed by atoms with E-state index in [1.54, 1.807) is 10.9 Å². The summed E-state index contributed by atoms with van der Waals surface area (Å²) >= 11 is 0.